The van der Waals surface area contributed by atoms with Gasteiger partial charge in [0.05, 0.1) is 60.7 Å². The average molecular weight is 1710 g/mol. The maximum Gasteiger partial charge on any atom is 0.256 e. The van der Waals surface area contributed by atoms with E-state index in [9.17, 15) is 32.8 Å². The van der Waals surface area contributed by atoms with E-state index in [0.717, 1.165) is 202 Å². The second kappa shape index (κ2) is 34.5. The number of aromatic nitrogens is 15. The van der Waals surface area contributed by atoms with E-state index < -0.39 is 11.6 Å². The number of benzene rings is 4. The van der Waals surface area contributed by atoms with E-state index in [1.54, 1.807) is 86.8 Å². The molecule has 14 heterocycles. The molecule has 4 aliphatic carbocycles. The van der Waals surface area contributed by atoms with Crippen LogP contribution in [0.4, 0.5) is 13.9 Å². The van der Waals surface area contributed by atoms with E-state index in [0.29, 0.717) is 40.2 Å². The van der Waals surface area contributed by atoms with Crippen LogP contribution >= 0.6 is 22.7 Å². The third-order valence-corrected chi connectivity index (χ3v) is 26.1. The van der Waals surface area contributed by atoms with Crippen molar-refractivity contribution in [2.24, 2.45) is 0 Å². The van der Waals surface area contributed by atoms with Gasteiger partial charge in [-0.15, -0.1) is 0 Å². The van der Waals surface area contributed by atoms with Crippen molar-refractivity contribution in [3.63, 3.8) is 0 Å². The van der Waals surface area contributed by atoms with Crippen molar-refractivity contribution in [3.8, 4) is 71.3 Å². The molecule has 3 saturated heterocycles. The lowest BCUT2D eigenvalue weighted by atomic mass is 9.93. The van der Waals surface area contributed by atoms with Crippen molar-refractivity contribution < 1.29 is 28.0 Å². The molecule has 0 bridgehead atoms. The van der Waals surface area contributed by atoms with Crippen LogP contribution in [0.25, 0.3) is 82.6 Å². The number of carbonyl (C=O) groups excluding carboxylic acids is 4. The van der Waals surface area contributed by atoms with Crippen LogP contribution in [0.2, 0.25) is 0 Å². The van der Waals surface area contributed by atoms with Crippen LogP contribution in [0.1, 0.15) is 157 Å². The fourth-order valence-electron chi connectivity index (χ4n) is 16.2. The average Bonchev–Trinajstić information content (AvgIpc) is 1.63. The highest BCUT2D eigenvalue weighted by Crippen LogP contribution is 2.37. The molecule has 0 spiro atoms. The summed E-state index contributed by atoms with van der Waals surface area (Å²) < 4.78 is 41.9. The molecule has 1 atom stereocenters. The number of carbonyl (C=O) groups is 4. The van der Waals surface area contributed by atoms with Gasteiger partial charge in [-0.05, 0) is 247 Å². The standard InChI is InChI=1S/C26H27FN6O.C25H25FN6O.C22H19N5O2S.C21H23N5OS/c1-16-9-23(27)22(26(34)30-20-4-5-20)10-21(16)19-11-29-33(15-19)25-12-28-24-6-3-17(14-32(24)25)18-7-8-31(2)13-18;1-15-7-22(26)21(25(33)29-19-4-5-19)8-20(15)17-9-28-32(14-17)24-10-27-23-6-3-16(13-31(23)24)18-11-30(2)12-18;1-14-5-6-15(21(29)25-17-7-8-17)10-18(14)16-11-24-27(13-16)20-12-23-22(30-20)26-9-3-2-4-19(26)28;1-14-4-5-15(20(27)24-17-6-7-17)10-18(14)16-11-23-26(13-16)19-12-22-21(28-19)25-8-2-3-9-25/h3,6,9-12,14-15,18,20H,4-5,7-8,13H2,1-2H3,(H,30,34);3,6-10,13-14,18-19H,4-5,11-12H2,1-2H3,(H,29,33);2-6,9-13,17H,7-8H2,1H3,(H,25,29);4-5,10-13,17H,2-3,6-9H2,1H3,(H,24,27)/t18-;;;/m0.../s1. The normalized spacial score (nSPS) is 16.4. The summed E-state index contributed by atoms with van der Waals surface area (Å²) >= 11 is 3.04. The largest absolute Gasteiger partial charge is 0.349 e. The highest BCUT2D eigenvalue weighted by atomic mass is 32.1. The number of nitrogens with one attached hydrogen (secondary N) is 4. The highest BCUT2D eigenvalue weighted by Gasteiger charge is 2.32. The van der Waals surface area contributed by atoms with Crippen LogP contribution in [0, 0.1) is 39.3 Å². The number of hydrogen-bond acceptors (Lipinski definition) is 18. The van der Waals surface area contributed by atoms with Crippen molar-refractivity contribution in [1.29, 1.82) is 0 Å². The number of likely N-dealkylation sites (N-methyl/N-ethyl adjacent to an activating group) is 2. The summed E-state index contributed by atoms with van der Waals surface area (Å²) in [6.45, 7) is 14.2. The number of hydrogen-bond donors (Lipinski definition) is 4. The van der Waals surface area contributed by atoms with Crippen LogP contribution in [0.15, 0.2) is 201 Å². The monoisotopic (exact) mass is 1710 g/mol. The summed E-state index contributed by atoms with van der Waals surface area (Å²) in [5.41, 5.74) is 16.5. The smallest absolute Gasteiger partial charge is 0.256 e. The Morgan fingerprint density at radius 3 is 1.28 bits per heavy atom. The van der Waals surface area contributed by atoms with Crippen LogP contribution in [0.3, 0.4) is 0 Å². The van der Waals surface area contributed by atoms with Gasteiger partial charge in [0, 0.05) is 146 Å². The Labute approximate surface area is 727 Å². The first kappa shape index (κ1) is 81.4. The van der Waals surface area contributed by atoms with Gasteiger partial charge in [-0.25, -0.2) is 47.4 Å². The molecule has 0 unspecified atom stereocenters. The van der Waals surface area contributed by atoms with Gasteiger partial charge in [-0.3, -0.25) is 37.3 Å². The Morgan fingerprint density at radius 2 is 0.832 bits per heavy atom. The molecule has 31 heteroatoms. The van der Waals surface area contributed by atoms with E-state index in [1.807, 2.05) is 111 Å². The van der Waals surface area contributed by atoms with Crippen LogP contribution in [-0.4, -0.2) is 183 Å². The molecule has 3 aliphatic heterocycles. The second-order valence-electron chi connectivity index (χ2n) is 33.9. The molecule has 125 heavy (non-hydrogen) atoms. The van der Waals surface area contributed by atoms with E-state index in [1.165, 1.54) is 58.1 Å². The van der Waals surface area contributed by atoms with Gasteiger partial charge in [0.1, 0.15) is 32.9 Å². The molecule has 7 aliphatic rings. The molecule has 11 aromatic heterocycles. The van der Waals surface area contributed by atoms with E-state index in [-0.39, 0.29) is 52.4 Å². The molecule has 27 nitrogen and oxygen atoms in total. The van der Waals surface area contributed by atoms with Crippen molar-refractivity contribution in [2.75, 3.05) is 58.3 Å². The Kier molecular flexibility index (Phi) is 22.5. The lowest BCUT2D eigenvalue weighted by Crippen LogP contribution is -2.41. The number of halogens is 2. The Morgan fingerprint density at radius 1 is 0.408 bits per heavy atom. The van der Waals surface area contributed by atoms with Gasteiger partial charge in [-0.2, -0.15) is 20.4 Å². The predicted molar refractivity (Wildman–Crippen MR) is 478 cm³/mol. The molecule has 4 aromatic carbocycles. The molecule has 7 fully saturated rings. The first-order chi connectivity index (χ1) is 60.7. The number of fused-ring (bicyclic) bond motifs is 2. The number of anilines is 1. The zero-order valence-electron chi connectivity index (χ0n) is 70.1. The first-order valence-corrected chi connectivity index (χ1v) is 44.2. The summed E-state index contributed by atoms with van der Waals surface area (Å²) in [6, 6.07) is 32.1. The van der Waals surface area contributed by atoms with E-state index in [4.69, 9.17) is 0 Å². The van der Waals surface area contributed by atoms with Crippen molar-refractivity contribution in [2.45, 2.75) is 134 Å². The Bertz CT molecular complexity index is 6670. The Hall–Kier alpha value is -13.2. The molecular formula is C94H94F2N22O5S2. The number of pyridine rings is 3. The predicted octanol–water partition coefficient (Wildman–Crippen LogP) is 14.6. The second-order valence-corrected chi connectivity index (χ2v) is 35.9. The van der Waals surface area contributed by atoms with Gasteiger partial charge in [0.25, 0.3) is 29.2 Å². The fourth-order valence-corrected chi connectivity index (χ4v) is 17.9. The topological polar surface area (TPSA) is 280 Å². The number of thiazole rings is 2. The summed E-state index contributed by atoms with van der Waals surface area (Å²) in [4.78, 5) is 86.9. The number of likely N-dealkylation sites (tertiary alicyclic amines) is 2. The van der Waals surface area contributed by atoms with E-state index >= 15 is 0 Å². The van der Waals surface area contributed by atoms with E-state index in [2.05, 4.69) is 137 Å². The van der Waals surface area contributed by atoms with Gasteiger partial charge in [0.2, 0.25) is 0 Å². The summed E-state index contributed by atoms with van der Waals surface area (Å²) in [5.74, 6) is 0.958. The zero-order chi connectivity index (χ0) is 85.8. The minimum Gasteiger partial charge on any atom is -0.349 e. The van der Waals surface area contributed by atoms with Crippen molar-refractivity contribution in [3.05, 3.63) is 274 Å². The molecule has 15 aromatic rings. The SMILES string of the molecule is Cc1cc(F)c(C(=O)NC2CC2)cc1-c1cnn(-c2cnc3ccc(C4CN(C)C4)cn23)c1.Cc1cc(F)c(C(=O)NC2CC2)cc1-c1cnn(-c2cnc3ccc([C@H]4CCN(C)C4)cn23)c1.Cc1ccc(C(=O)NC2CC2)cc1-c1cnn(-c2cnc(-n3ccccc3=O)s2)c1.Cc1ccc(C(=O)NC2CC2)cc1-c1cnn(-c2cnc(N3CCCC3)s2)c1. The number of aryl methyl sites for hydroxylation is 4. The van der Waals surface area contributed by atoms with Gasteiger partial charge in [0.15, 0.2) is 21.9 Å². The minimum absolute atomic E-state index is 0.00820. The maximum absolute atomic E-state index is 14.6. The first-order valence-electron chi connectivity index (χ1n) is 42.6. The minimum atomic E-state index is -0.502. The van der Waals surface area contributed by atoms with Crippen molar-refractivity contribution >= 4 is 62.7 Å². The maximum atomic E-state index is 14.6. The number of amides is 4. The number of rotatable bonds is 20. The lowest BCUT2D eigenvalue weighted by molar-refractivity contribution is 0.0938. The van der Waals surface area contributed by atoms with Gasteiger partial charge >= 0.3 is 0 Å². The van der Waals surface area contributed by atoms with Crippen LogP contribution in [0.5, 0.6) is 0 Å². The summed E-state index contributed by atoms with van der Waals surface area (Å²) in [7, 11) is 4.28. The van der Waals surface area contributed by atoms with Crippen LogP contribution < -0.4 is 31.7 Å². The van der Waals surface area contributed by atoms with Crippen LogP contribution in [-0.2, 0) is 0 Å². The van der Waals surface area contributed by atoms with Crippen molar-refractivity contribution in [1.82, 2.24) is 103 Å². The lowest BCUT2D eigenvalue weighted by Gasteiger charge is -2.36. The molecule has 22 rings (SSSR count). The highest BCUT2D eigenvalue weighted by molar-refractivity contribution is 7.18. The molecule has 4 N–H and O–H groups in total. The molecule has 4 amide bonds. The van der Waals surface area contributed by atoms with Gasteiger partial charge < -0.3 is 36.0 Å². The summed E-state index contributed by atoms with van der Waals surface area (Å²) in [6.07, 6.45) is 39.8. The molecule has 636 valence electrons. The number of imidazole rings is 2. The molecular weight excluding hydrogens is 1620 g/mol. The third kappa shape index (κ3) is 18.0. The number of nitrogens with zero attached hydrogens (tertiary/aromatic N) is 18. The zero-order valence-corrected chi connectivity index (χ0v) is 71.8. The molecule has 0 radical (unpaired) electrons. The van der Waals surface area contributed by atoms with Gasteiger partial charge in [-0.1, -0.05) is 53.0 Å². The molecule has 4 saturated carbocycles. The fraction of sp³-hybridized carbons (Fsp3) is 0.309. The quantitative estimate of drug-likeness (QED) is 0.0552. The third-order valence-electron chi connectivity index (χ3n) is 24.0. The summed E-state index contributed by atoms with van der Waals surface area (Å²) in [5, 5.41) is 33.4. The Balaban J connectivity index is 0.000000109.